The Balaban J connectivity index is 1.50. The van der Waals surface area contributed by atoms with Crippen LogP contribution in [0.3, 0.4) is 0 Å². The molecule has 0 aromatic carbocycles. The topological polar surface area (TPSA) is 98.7 Å². The van der Waals surface area contributed by atoms with E-state index in [9.17, 15) is 4.79 Å². The van der Waals surface area contributed by atoms with Gasteiger partial charge in [0, 0.05) is 25.1 Å². The predicted molar refractivity (Wildman–Crippen MR) is 113 cm³/mol. The normalized spacial score (nSPS) is 24.4. The second-order valence-corrected chi connectivity index (χ2v) is 9.39. The Labute approximate surface area is 178 Å². The van der Waals surface area contributed by atoms with Crippen molar-refractivity contribution in [2.75, 3.05) is 19.3 Å². The molecule has 0 radical (unpaired) electrons. The molecule has 3 aromatic rings. The van der Waals surface area contributed by atoms with Crippen LogP contribution >= 0.6 is 11.8 Å². The number of Topliss-reactive ketones (excluding diaryl/α,β-unsaturated/α-hetero) is 1. The van der Waals surface area contributed by atoms with Gasteiger partial charge in [-0.25, -0.2) is 14.6 Å². The number of rotatable bonds is 3. The van der Waals surface area contributed by atoms with Gasteiger partial charge in [-0.05, 0) is 38.4 Å². The number of ketones is 1. The summed E-state index contributed by atoms with van der Waals surface area (Å²) in [6.07, 6.45) is 10.1. The Morgan fingerprint density at radius 2 is 2.07 bits per heavy atom. The average Bonchev–Trinajstić information content (AvgIpc) is 3.34. The van der Waals surface area contributed by atoms with Gasteiger partial charge in [-0.1, -0.05) is 11.6 Å². The third kappa shape index (κ3) is 2.54. The van der Waals surface area contributed by atoms with Crippen molar-refractivity contribution < 1.29 is 9.32 Å². The van der Waals surface area contributed by atoms with Gasteiger partial charge >= 0.3 is 0 Å². The zero-order chi connectivity index (χ0) is 20.3. The van der Waals surface area contributed by atoms with Crippen LogP contribution in [-0.2, 0) is 16.6 Å². The van der Waals surface area contributed by atoms with Crippen LogP contribution in [0, 0.1) is 0 Å². The number of carbonyl (C=O) groups is 1. The lowest BCUT2D eigenvalue weighted by Crippen LogP contribution is -2.43. The van der Waals surface area contributed by atoms with Crippen LogP contribution in [0.25, 0.3) is 22.6 Å². The third-order valence-electron chi connectivity index (χ3n) is 6.97. The van der Waals surface area contributed by atoms with Gasteiger partial charge in [0.2, 0.25) is 0 Å². The molecule has 3 aromatic heterocycles. The summed E-state index contributed by atoms with van der Waals surface area (Å²) in [5.74, 6) is 1.67. The Morgan fingerprint density at radius 3 is 2.83 bits per heavy atom. The molecule has 9 heteroatoms. The lowest BCUT2D eigenvalue weighted by Gasteiger charge is -2.36. The van der Waals surface area contributed by atoms with Crippen LogP contribution in [0.4, 0.5) is 0 Å². The zero-order valence-corrected chi connectivity index (χ0v) is 17.8. The number of thioether (sulfide) groups is 1. The van der Waals surface area contributed by atoms with E-state index in [0.29, 0.717) is 29.8 Å². The zero-order valence-electron chi connectivity index (χ0n) is 17.0. The minimum absolute atomic E-state index is 0.314. The minimum Gasteiger partial charge on any atom is -0.359 e. The fourth-order valence-electron chi connectivity index (χ4n) is 5.24. The highest BCUT2D eigenvalue weighted by molar-refractivity contribution is 7.98. The summed E-state index contributed by atoms with van der Waals surface area (Å²) in [5, 5.41) is 14.2. The first-order valence-electron chi connectivity index (χ1n) is 10.7. The molecule has 1 saturated carbocycles. The fraction of sp³-hybridized carbons (Fsp3) is 0.571. The summed E-state index contributed by atoms with van der Waals surface area (Å²) in [6.45, 7) is 1.80. The van der Waals surface area contributed by atoms with E-state index in [2.05, 4.69) is 15.6 Å². The molecule has 1 atom stereocenters. The molecule has 6 rings (SSSR count). The van der Waals surface area contributed by atoms with E-state index in [-0.39, 0.29) is 0 Å². The van der Waals surface area contributed by atoms with Crippen molar-refractivity contribution in [2.45, 2.75) is 61.4 Å². The van der Waals surface area contributed by atoms with Crippen LogP contribution in [0.5, 0.6) is 0 Å². The Morgan fingerprint density at radius 1 is 1.20 bits per heavy atom. The largest absolute Gasteiger partial charge is 0.359 e. The molecule has 1 spiro atoms. The Hall–Kier alpha value is -2.26. The summed E-state index contributed by atoms with van der Waals surface area (Å²) in [7, 11) is 0. The molecule has 1 aliphatic heterocycles. The second kappa shape index (κ2) is 6.88. The number of nitrogens with zero attached hydrogens (tertiary/aromatic N) is 5. The van der Waals surface area contributed by atoms with Crippen LogP contribution in [0.1, 0.15) is 55.9 Å². The Kier molecular flexibility index (Phi) is 4.24. The molecule has 156 valence electrons. The first kappa shape index (κ1) is 18.5. The number of hydrogen-bond donors (Lipinski definition) is 1. The molecule has 1 N–H and O–H groups in total. The molecule has 0 amide bonds. The minimum atomic E-state index is -0.483. The van der Waals surface area contributed by atoms with E-state index in [4.69, 9.17) is 14.5 Å². The fourth-order valence-corrected chi connectivity index (χ4v) is 5.79. The van der Waals surface area contributed by atoms with E-state index in [1.54, 1.807) is 11.8 Å². The molecule has 0 bridgehead atoms. The maximum atomic E-state index is 12.9. The van der Waals surface area contributed by atoms with Crippen LogP contribution in [0.15, 0.2) is 15.7 Å². The molecule has 2 aliphatic carbocycles. The SMILES string of the molecule is CSc1nc(-c2noc3c2CCC[C@@]32CCCCC2=O)nc2c1cnn2C1CNC1. The van der Waals surface area contributed by atoms with E-state index >= 15 is 0 Å². The summed E-state index contributed by atoms with van der Waals surface area (Å²) in [6, 6.07) is 0.314. The van der Waals surface area contributed by atoms with Crippen molar-refractivity contribution in [3.05, 3.63) is 17.5 Å². The maximum Gasteiger partial charge on any atom is 0.185 e. The molecule has 1 saturated heterocycles. The van der Waals surface area contributed by atoms with Gasteiger partial charge in [-0.3, -0.25) is 4.79 Å². The van der Waals surface area contributed by atoms with Gasteiger partial charge in [0.1, 0.15) is 10.8 Å². The Bertz CT molecular complexity index is 1150. The highest BCUT2D eigenvalue weighted by atomic mass is 32.2. The van der Waals surface area contributed by atoms with Gasteiger partial charge in [0.05, 0.1) is 23.0 Å². The molecule has 4 heterocycles. The third-order valence-corrected chi connectivity index (χ3v) is 7.67. The van der Waals surface area contributed by atoms with Crippen LogP contribution in [-0.4, -0.2) is 50.0 Å². The molecule has 2 fully saturated rings. The van der Waals surface area contributed by atoms with Crippen LogP contribution in [0.2, 0.25) is 0 Å². The first-order chi connectivity index (χ1) is 14.7. The smallest absolute Gasteiger partial charge is 0.185 e. The molecular formula is C21H24N6O2S. The quantitative estimate of drug-likeness (QED) is 0.506. The van der Waals surface area contributed by atoms with Crippen molar-refractivity contribution in [1.29, 1.82) is 0 Å². The van der Waals surface area contributed by atoms with E-state index < -0.39 is 5.41 Å². The second-order valence-electron chi connectivity index (χ2n) is 8.60. The van der Waals surface area contributed by atoms with E-state index in [1.807, 2.05) is 17.1 Å². The molecule has 3 aliphatic rings. The number of nitrogens with one attached hydrogen (secondary N) is 1. The molecule has 8 nitrogen and oxygen atoms in total. The summed E-state index contributed by atoms with van der Waals surface area (Å²) < 4.78 is 7.89. The van der Waals surface area contributed by atoms with Crippen molar-refractivity contribution in [3.63, 3.8) is 0 Å². The summed E-state index contributed by atoms with van der Waals surface area (Å²) in [5.41, 5.74) is 2.08. The number of hydrogen-bond acceptors (Lipinski definition) is 8. The number of carbonyl (C=O) groups excluding carboxylic acids is 1. The van der Waals surface area contributed by atoms with Gasteiger partial charge in [0.25, 0.3) is 0 Å². The van der Waals surface area contributed by atoms with Gasteiger partial charge < -0.3 is 9.84 Å². The standard InChI is InChI=1S/C21H24N6O2S/c1-30-20-14-11-23-27(12-9-22-10-12)19(14)24-18(25-20)16-13-5-4-8-21(17(13)29-26-16)7-3-2-6-15(21)28/h11-12,22H,2-10H2,1H3/t21-/m1/s1. The van der Waals surface area contributed by atoms with Crippen molar-refractivity contribution in [1.82, 2.24) is 30.2 Å². The van der Waals surface area contributed by atoms with Crippen molar-refractivity contribution in [3.8, 4) is 11.5 Å². The average molecular weight is 425 g/mol. The number of aromatic nitrogens is 5. The lowest BCUT2D eigenvalue weighted by molar-refractivity contribution is -0.128. The highest BCUT2D eigenvalue weighted by Gasteiger charge is 2.48. The molecule has 0 unspecified atom stereocenters. The van der Waals surface area contributed by atoms with Crippen molar-refractivity contribution in [2.24, 2.45) is 0 Å². The highest BCUT2D eigenvalue weighted by Crippen LogP contribution is 2.47. The first-order valence-corrected chi connectivity index (χ1v) is 12.0. The van der Waals surface area contributed by atoms with Gasteiger partial charge in [0.15, 0.2) is 22.9 Å². The van der Waals surface area contributed by atoms with E-state index in [1.165, 1.54) is 0 Å². The number of fused-ring (bicyclic) bond motifs is 3. The predicted octanol–water partition coefficient (Wildman–Crippen LogP) is 3.06. The van der Waals surface area contributed by atoms with Crippen LogP contribution < -0.4 is 5.32 Å². The van der Waals surface area contributed by atoms with Gasteiger partial charge in [-0.2, -0.15) is 5.10 Å². The maximum absolute atomic E-state index is 12.9. The van der Waals surface area contributed by atoms with Gasteiger partial charge in [-0.15, -0.1) is 11.8 Å². The van der Waals surface area contributed by atoms with Crippen molar-refractivity contribution >= 4 is 28.6 Å². The monoisotopic (exact) mass is 424 g/mol. The molecular weight excluding hydrogens is 400 g/mol. The summed E-state index contributed by atoms with van der Waals surface area (Å²) >= 11 is 1.59. The summed E-state index contributed by atoms with van der Waals surface area (Å²) in [4.78, 5) is 22.6. The molecule has 30 heavy (non-hydrogen) atoms. The van der Waals surface area contributed by atoms with E-state index in [0.717, 1.165) is 79.0 Å². The lowest BCUT2D eigenvalue weighted by atomic mass is 9.64.